The topological polar surface area (TPSA) is 67.4 Å². The van der Waals surface area contributed by atoms with E-state index in [-0.39, 0.29) is 30.3 Å². The van der Waals surface area contributed by atoms with E-state index >= 15 is 0 Å². The molecule has 2 N–H and O–H groups in total. The molecular formula is C11H23ClN2O3S. The lowest BCUT2D eigenvalue weighted by molar-refractivity contribution is 0.0303. The summed E-state index contributed by atoms with van der Waals surface area (Å²) in [5, 5.41) is 3.20. The highest BCUT2D eigenvalue weighted by Crippen LogP contribution is 2.14. The summed E-state index contributed by atoms with van der Waals surface area (Å²) in [6.07, 6.45) is 4.84. The van der Waals surface area contributed by atoms with Crippen LogP contribution in [-0.2, 0) is 14.8 Å². The Balaban J connectivity index is 0.00000162. The molecule has 2 atom stereocenters. The largest absolute Gasteiger partial charge is 0.377 e. The van der Waals surface area contributed by atoms with E-state index in [9.17, 15) is 8.42 Å². The summed E-state index contributed by atoms with van der Waals surface area (Å²) in [5.41, 5.74) is 0. The second kappa shape index (κ2) is 7.65. The number of halogens is 1. The second-order valence-corrected chi connectivity index (χ2v) is 6.73. The van der Waals surface area contributed by atoms with Crippen molar-refractivity contribution in [2.45, 2.75) is 44.2 Å². The minimum atomic E-state index is -3.20. The van der Waals surface area contributed by atoms with Crippen LogP contribution in [0.1, 0.15) is 32.1 Å². The summed E-state index contributed by atoms with van der Waals surface area (Å²) in [7, 11) is -3.20. The minimum Gasteiger partial charge on any atom is -0.377 e. The third-order valence-corrected chi connectivity index (χ3v) is 4.83. The Hall–Kier alpha value is 0.120. The second-order valence-electron chi connectivity index (χ2n) is 4.93. The molecule has 0 aromatic carbocycles. The smallest absolute Gasteiger partial charge is 0.214 e. The average molecular weight is 299 g/mol. The molecule has 5 nitrogen and oxygen atoms in total. The standard InChI is InChI=1S/C11H22N2O3S.ClH/c14-17(15,9-11-5-1-2-7-16-11)13-10-4-3-6-12-8-10;/h10-13H,1-9H2;1H. The number of sulfonamides is 1. The van der Waals surface area contributed by atoms with E-state index in [1.807, 2.05) is 0 Å². The van der Waals surface area contributed by atoms with Gasteiger partial charge in [0.15, 0.2) is 0 Å². The van der Waals surface area contributed by atoms with E-state index in [0.717, 1.165) is 45.2 Å². The Morgan fingerprint density at radius 1 is 1.22 bits per heavy atom. The van der Waals surface area contributed by atoms with E-state index in [4.69, 9.17) is 4.74 Å². The molecule has 2 unspecified atom stereocenters. The van der Waals surface area contributed by atoms with Gasteiger partial charge in [0.2, 0.25) is 10.0 Å². The van der Waals surface area contributed by atoms with Crippen LogP contribution in [0.4, 0.5) is 0 Å². The molecule has 2 aliphatic rings. The van der Waals surface area contributed by atoms with Gasteiger partial charge in [-0.05, 0) is 38.6 Å². The van der Waals surface area contributed by atoms with E-state index in [0.29, 0.717) is 6.61 Å². The fraction of sp³-hybridized carbons (Fsp3) is 1.00. The SMILES string of the molecule is Cl.O=S(=O)(CC1CCCCO1)NC1CCCNC1. The van der Waals surface area contributed by atoms with Gasteiger partial charge in [-0.3, -0.25) is 0 Å². The predicted molar refractivity (Wildman–Crippen MR) is 73.7 cm³/mol. The van der Waals surface area contributed by atoms with Crippen LogP contribution in [0.3, 0.4) is 0 Å². The van der Waals surface area contributed by atoms with E-state index < -0.39 is 10.0 Å². The Labute approximate surface area is 116 Å². The first-order valence-electron chi connectivity index (χ1n) is 6.48. The van der Waals surface area contributed by atoms with Crippen LogP contribution in [0.25, 0.3) is 0 Å². The number of hydrogen-bond acceptors (Lipinski definition) is 4. The Kier molecular flexibility index (Phi) is 6.87. The van der Waals surface area contributed by atoms with Gasteiger partial charge in [0, 0.05) is 19.2 Å². The van der Waals surface area contributed by atoms with Crippen molar-refractivity contribution in [2.75, 3.05) is 25.4 Å². The molecule has 0 aromatic heterocycles. The van der Waals surface area contributed by atoms with Gasteiger partial charge < -0.3 is 10.1 Å². The van der Waals surface area contributed by atoms with Crippen molar-refractivity contribution in [2.24, 2.45) is 0 Å². The van der Waals surface area contributed by atoms with E-state index in [1.165, 1.54) is 0 Å². The number of rotatable bonds is 4. The van der Waals surface area contributed by atoms with Crippen LogP contribution in [0.5, 0.6) is 0 Å². The van der Waals surface area contributed by atoms with Gasteiger partial charge in [0.1, 0.15) is 0 Å². The molecule has 0 radical (unpaired) electrons. The number of piperidine rings is 1. The first kappa shape index (κ1) is 16.2. The van der Waals surface area contributed by atoms with E-state index in [2.05, 4.69) is 10.0 Å². The summed E-state index contributed by atoms with van der Waals surface area (Å²) in [4.78, 5) is 0. The van der Waals surface area contributed by atoms with Crippen LogP contribution in [-0.4, -0.2) is 46.0 Å². The molecule has 2 saturated heterocycles. The molecule has 108 valence electrons. The summed E-state index contributed by atoms with van der Waals surface area (Å²) < 4.78 is 32.1. The van der Waals surface area contributed by atoms with Gasteiger partial charge in [-0.25, -0.2) is 13.1 Å². The maximum Gasteiger partial charge on any atom is 0.214 e. The molecule has 2 heterocycles. The summed E-state index contributed by atoms with van der Waals surface area (Å²) in [6, 6.07) is 0.0531. The fourth-order valence-corrected chi connectivity index (χ4v) is 4.00. The first-order chi connectivity index (χ1) is 8.16. The lowest BCUT2D eigenvalue weighted by Gasteiger charge is -2.26. The maximum atomic E-state index is 11.9. The van der Waals surface area contributed by atoms with Gasteiger partial charge in [-0.1, -0.05) is 0 Å². The van der Waals surface area contributed by atoms with Gasteiger partial charge in [0.25, 0.3) is 0 Å². The molecular weight excluding hydrogens is 276 g/mol. The lowest BCUT2D eigenvalue weighted by atomic mass is 10.1. The summed E-state index contributed by atoms with van der Waals surface area (Å²) in [5.74, 6) is 0.115. The first-order valence-corrected chi connectivity index (χ1v) is 8.13. The van der Waals surface area contributed by atoms with Crippen LogP contribution in [0.2, 0.25) is 0 Å². The van der Waals surface area contributed by atoms with Gasteiger partial charge in [-0.15, -0.1) is 12.4 Å². The van der Waals surface area contributed by atoms with Crippen LogP contribution in [0.15, 0.2) is 0 Å². The zero-order valence-corrected chi connectivity index (χ0v) is 12.2. The Morgan fingerprint density at radius 3 is 2.67 bits per heavy atom. The zero-order chi connectivity index (χ0) is 12.1. The van der Waals surface area contributed by atoms with Crippen LogP contribution < -0.4 is 10.0 Å². The van der Waals surface area contributed by atoms with Crippen molar-refractivity contribution in [3.63, 3.8) is 0 Å². The highest BCUT2D eigenvalue weighted by molar-refractivity contribution is 7.89. The summed E-state index contributed by atoms with van der Waals surface area (Å²) >= 11 is 0. The quantitative estimate of drug-likeness (QED) is 0.800. The number of nitrogens with one attached hydrogen (secondary N) is 2. The summed E-state index contributed by atoms with van der Waals surface area (Å²) in [6.45, 7) is 2.43. The molecule has 0 aromatic rings. The van der Waals surface area contributed by atoms with Crippen molar-refractivity contribution in [3.8, 4) is 0 Å². The third kappa shape index (κ3) is 5.40. The molecule has 0 spiro atoms. The zero-order valence-electron chi connectivity index (χ0n) is 10.6. The van der Waals surface area contributed by atoms with Crippen molar-refractivity contribution in [1.82, 2.24) is 10.0 Å². The number of ether oxygens (including phenoxy) is 1. The molecule has 0 amide bonds. The normalized spacial score (nSPS) is 29.6. The molecule has 18 heavy (non-hydrogen) atoms. The molecule has 7 heteroatoms. The van der Waals surface area contributed by atoms with Gasteiger partial charge in [0.05, 0.1) is 11.9 Å². The Morgan fingerprint density at radius 2 is 2.06 bits per heavy atom. The molecule has 0 aliphatic carbocycles. The minimum absolute atomic E-state index is 0. The molecule has 2 aliphatic heterocycles. The third-order valence-electron chi connectivity index (χ3n) is 3.32. The highest BCUT2D eigenvalue weighted by Gasteiger charge is 2.25. The molecule has 2 fully saturated rings. The van der Waals surface area contributed by atoms with Crippen LogP contribution >= 0.6 is 12.4 Å². The highest BCUT2D eigenvalue weighted by atomic mass is 35.5. The molecule has 0 bridgehead atoms. The monoisotopic (exact) mass is 298 g/mol. The maximum absolute atomic E-state index is 11.9. The van der Waals surface area contributed by atoms with Crippen molar-refractivity contribution in [3.05, 3.63) is 0 Å². The van der Waals surface area contributed by atoms with Crippen molar-refractivity contribution < 1.29 is 13.2 Å². The van der Waals surface area contributed by atoms with Crippen LogP contribution in [0, 0.1) is 0 Å². The Bertz CT molecular complexity index is 299. The van der Waals surface area contributed by atoms with E-state index in [1.54, 1.807) is 0 Å². The van der Waals surface area contributed by atoms with Crippen molar-refractivity contribution in [1.29, 1.82) is 0 Å². The lowest BCUT2D eigenvalue weighted by Crippen LogP contribution is -2.47. The molecule has 2 rings (SSSR count). The fourth-order valence-electron chi connectivity index (χ4n) is 2.44. The average Bonchev–Trinajstić information content (AvgIpc) is 2.30. The predicted octanol–water partition coefficient (Wildman–Crippen LogP) is 0.649. The van der Waals surface area contributed by atoms with Gasteiger partial charge in [-0.2, -0.15) is 0 Å². The van der Waals surface area contributed by atoms with Gasteiger partial charge >= 0.3 is 0 Å². The number of hydrogen-bond donors (Lipinski definition) is 2. The molecule has 0 saturated carbocycles. The van der Waals surface area contributed by atoms with Crippen molar-refractivity contribution >= 4 is 22.4 Å².